The summed E-state index contributed by atoms with van der Waals surface area (Å²) in [5.74, 6) is 0.670. The van der Waals surface area contributed by atoms with Crippen molar-refractivity contribution in [1.82, 2.24) is 5.32 Å². The van der Waals surface area contributed by atoms with E-state index in [1.165, 1.54) is 25.3 Å². The second-order valence-corrected chi connectivity index (χ2v) is 6.84. The van der Waals surface area contributed by atoms with Crippen LogP contribution in [0, 0.1) is 5.82 Å². The third kappa shape index (κ3) is 2.75. The fourth-order valence-corrected chi connectivity index (χ4v) is 3.83. The Labute approximate surface area is 118 Å². The number of rotatable bonds is 5. The molecule has 0 aromatic heterocycles. The first kappa shape index (κ1) is 13.3. The Morgan fingerprint density at radius 3 is 3.00 bits per heavy atom. The van der Waals surface area contributed by atoms with Crippen molar-refractivity contribution in [2.24, 2.45) is 0 Å². The lowest BCUT2D eigenvalue weighted by Crippen LogP contribution is -2.45. The van der Waals surface area contributed by atoms with E-state index in [0.29, 0.717) is 4.75 Å². The van der Waals surface area contributed by atoms with Crippen molar-refractivity contribution in [3.63, 3.8) is 0 Å². The fourth-order valence-electron chi connectivity index (χ4n) is 2.89. The summed E-state index contributed by atoms with van der Waals surface area (Å²) in [5.41, 5.74) is 0.995. The summed E-state index contributed by atoms with van der Waals surface area (Å²) >= 11 is 1.98. The first-order chi connectivity index (χ1) is 9.21. The van der Waals surface area contributed by atoms with Crippen LogP contribution in [-0.2, 0) is 6.42 Å². The van der Waals surface area contributed by atoms with Gasteiger partial charge in [0, 0.05) is 29.8 Å². The van der Waals surface area contributed by atoms with Gasteiger partial charge in [0.2, 0.25) is 0 Å². The highest BCUT2D eigenvalue weighted by Gasteiger charge is 2.36. The summed E-state index contributed by atoms with van der Waals surface area (Å²) in [4.78, 5) is 0. The normalized spacial score (nSPS) is 23.6. The quantitative estimate of drug-likeness (QED) is 0.896. The minimum atomic E-state index is -0.174. The van der Waals surface area contributed by atoms with Crippen molar-refractivity contribution >= 4 is 11.8 Å². The molecular formula is C15H20FNOS. The zero-order valence-electron chi connectivity index (χ0n) is 11.2. The molecule has 1 fully saturated rings. The first-order valence-electron chi connectivity index (χ1n) is 6.92. The van der Waals surface area contributed by atoms with Gasteiger partial charge < -0.3 is 10.1 Å². The Hall–Kier alpha value is -0.740. The van der Waals surface area contributed by atoms with Gasteiger partial charge in [-0.2, -0.15) is 11.8 Å². The molecule has 0 saturated heterocycles. The lowest BCUT2D eigenvalue weighted by atomic mass is 9.84. The minimum Gasteiger partial charge on any atom is -0.488 e. The standard InChI is InChI=1S/C15H20FNOS/c1-19-15(5-2-6-15)10-17-9-13-8-11-7-12(16)3-4-14(11)18-13/h3-4,7,13,17H,2,5-6,8-10H2,1H3. The largest absolute Gasteiger partial charge is 0.488 e. The van der Waals surface area contributed by atoms with Gasteiger partial charge in [0.05, 0.1) is 0 Å². The van der Waals surface area contributed by atoms with Crippen LogP contribution in [0.4, 0.5) is 4.39 Å². The number of ether oxygens (including phenoxy) is 1. The maximum atomic E-state index is 13.1. The fraction of sp³-hybridized carbons (Fsp3) is 0.600. The lowest BCUT2D eigenvalue weighted by Gasteiger charge is -2.40. The second-order valence-electron chi connectivity index (χ2n) is 5.57. The molecule has 1 unspecified atom stereocenters. The molecule has 1 aromatic carbocycles. The molecule has 3 rings (SSSR count). The third-order valence-electron chi connectivity index (χ3n) is 4.28. The van der Waals surface area contributed by atoms with Gasteiger partial charge in [0.1, 0.15) is 17.7 Å². The Bertz CT molecular complexity index is 456. The van der Waals surface area contributed by atoms with Crippen molar-refractivity contribution < 1.29 is 9.13 Å². The van der Waals surface area contributed by atoms with Crippen molar-refractivity contribution in [1.29, 1.82) is 0 Å². The zero-order valence-corrected chi connectivity index (χ0v) is 12.1. The van der Waals surface area contributed by atoms with Gasteiger partial charge in [0.25, 0.3) is 0 Å². The predicted molar refractivity (Wildman–Crippen MR) is 77.5 cm³/mol. The number of halogens is 1. The average Bonchev–Trinajstić information content (AvgIpc) is 2.74. The van der Waals surface area contributed by atoms with E-state index < -0.39 is 0 Å². The molecule has 1 N–H and O–H groups in total. The van der Waals surface area contributed by atoms with Crippen molar-refractivity contribution in [3.8, 4) is 5.75 Å². The molecule has 0 radical (unpaired) electrons. The lowest BCUT2D eigenvalue weighted by molar-refractivity contribution is 0.221. The number of nitrogens with one attached hydrogen (secondary N) is 1. The zero-order chi connectivity index (χ0) is 13.3. The Balaban J connectivity index is 1.48. The summed E-state index contributed by atoms with van der Waals surface area (Å²) in [5, 5.41) is 3.53. The molecule has 1 aliphatic heterocycles. The molecule has 2 nitrogen and oxygen atoms in total. The first-order valence-corrected chi connectivity index (χ1v) is 8.14. The predicted octanol–water partition coefficient (Wildman–Crippen LogP) is 3.00. The van der Waals surface area contributed by atoms with Gasteiger partial charge in [0.15, 0.2) is 0 Å². The molecule has 4 heteroatoms. The number of hydrogen-bond donors (Lipinski definition) is 1. The molecule has 1 saturated carbocycles. The van der Waals surface area contributed by atoms with E-state index in [1.54, 1.807) is 12.1 Å². The van der Waals surface area contributed by atoms with E-state index in [-0.39, 0.29) is 11.9 Å². The number of benzene rings is 1. The number of fused-ring (bicyclic) bond motifs is 1. The van der Waals surface area contributed by atoms with Crippen molar-refractivity contribution in [2.75, 3.05) is 19.3 Å². The molecular weight excluding hydrogens is 261 g/mol. The van der Waals surface area contributed by atoms with Crippen LogP contribution in [0.2, 0.25) is 0 Å². The van der Waals surface area contributed by atoms with E-state index in [0.717, 1.165) is 30.8 Å². The Morgan fingerprint density at radius 2 is 2.32 bits per heavy atom. The van der Waals surface area contributed by atoms with Crippen molar-refractivity contribution in [2.45, 2.75) is 36.5 Å². The highest BCUT2D eigenvalue weighted by atomic mass is 32.2. The van der Waals surface area contributed by atoms with Gasteiger partial charge >= 0.3 is 0 Å². The van der Waals surface area contributed by atoms with Crippen LogP contribution >= 0.6 is 11.8 Å². The van der Waals surface area contributed by atoms with Gasteiger partial charge in [-0.05, 0) is 37.3 Å². The summed E-state index contributed by atoms with van der Waals surface area (Å²) in [7, 11) is 0. The molecule has 0 amide bonds. The maximum absolute atomic E-state index is 13.1. The highest BCUT2D eigenvalue weighted by Crippen LogP contribution is 2.42. The van der Waals surface area contributed by atoms with E-state index >= 15 is 0 Å². The molecule has 1 heterocycles. The summed E-state index contributed by atoms with van der Waals surface area (Å²) < 4.78 is 19.4. The topological polar surface area (TPSA) is 21.3 Å². The molecule has 0 spiro atoms. The number of thioether (sulfide) groups is 1. The molecule has 1 atom stereocenters. The van der Waals surface area contributed by atoms with E-state index in [9.17, 15) is 4.39 Å². The van der Waals surface area contributed by atoms with Crippen LogP contribution in [0.15, 0.2) is 18.2 Å². The van der Waals surface area contributed by atoms with Crippen LogP contribution in [0.25, 0.3) is 0 Å². The van der Waals surface area contributed by atoms with Gasteiger partial charge in [-0.15, -0.1) is 0 Å². The van der Waals surface area contributed by atoms with Crippen molar-refractivity contribution in [3.05, 3.63) is 29.6 Å². The summed E-state index contributed by atoms with van der Waals surface area (Å²) in [6.07, 6.45) is 7.15. The molecule has 104 valence electrons. The van der Waals surface area contributed by atoms with Crippen LogP contribution < -0.4 is 10.1 Å². The van der Waals surface area contributed by atoms with Crippen LogP contribution in [-0.4, -0.2) is 30.2 Å². The molecule has 2 aliphatic rings. The summed E-state index contributed by atoms with van der Waals surface area (Å²) in [6.45, 7) is 1.90. The molecule has 0 bridgehead atoms. The molecule has 19 heavy (non-hydrogen) atoms. The minimum absolute atomic E-state index is 0.149. The maximum Gasteiger partial charge on any atom is 0.123 e. The SMILES string of the molecule is CSC1(CNCC2Cc3cc(F)ccc3O2)CCC1. The molecule has 1 aromatic rings. The molecule has 1 aliphatic carbocycles. The third-order valence-corrected chi connectivity index (χ3v) is 5.70. The van der Waals surface area contributed by atoms with E-state index in [4.69, 9.17) is 4.74 Å². The van der Waals surface area contributed by atoms with E-state index in [1.807, 2.05) is 11.8 Å². The van der Waals surface area contributed by atoms with Gasteiger partial charge in [-0.1, -0.05) is 6.42 Å². The number of hydrogen-bond acceptors (Lipinski definition) is 3. The summed E-state index contributed by atoms with van der Waals surface area (Å²) in [6, 6.07) is 4.79. The highest BCUT2D eigenvalue weighted by molar-refractivity contribution is 8.00. The second kappa shape index (κ2) is 5.33. The Kier molecular flexibility index (Phi) is 3.72. The van der Waals surface area contributed by atoms with Crippen LogP contribution in [0.1, 0.15) is 24.8 Å². The van der Waals surface area contributed by atoms with E-state index in [2.05, 4.69) is 11.6 Å². The van der Waals surface area contributed by atoms with Gasteiger partial charge in [-0.25, -0.2) is 4.39 Å². The Morgan fingerprint density at radius 1 is 1.47 bits per heavy atom. The van der Waals surface area contributed by atoms with Crippen LogP contribution in [0.3, 0.4) is 0 Å². The monoisotopic (exact) mass is 281 g/mol. The van der Waals surface area contributed by atoms with Gasteiger partial charge in [-0.3, -0.25) is 0 Å². The smallest absolute Gasteiger partial charge is 0.123 e. The average molecular weight is 281 g/mol. The van der Waals surface area contributed by atoms with Crippen LogP contribution in [0.5, 0.6) is 5.75 Å².